The topological polar surface area (TPSA) is 137 Å². The van der Waals surface area contributed by atoms with E-state index in [1.807, 2.05) is 25.1 Å². The molecule has 0 radical (unpaired) electrons. The number of rotatable bonds is 5. The van der Waals surface area contributed by atoms with Gasteiger partial charge in [-0.3, -0.25) is 14.5 Å². The third-order valence-corrected chi connectivity index (χ3v) is 6.40. The number of H-pyrrole nitrogens is 1. The number of benzene rings is 3. The molecule has 0 spiro atoms. The summed E-state index contributed by atoms with van der Waals surface area (Å²) in [6, 6.07) is 19.3. The Kier molecular flexibility index (Phi) is 4.94. The SMILES string of the molecule is Cc1cccc(C2C(C(=O)c3cc4ccccc4o3)=C(O)C(=O)N2c2nc3ccc(C(=O)O)cc3[nH]2)c1. The molecule has 1 atom stereocenters. The van der Waals surface area contributed by atoms with Gasteiger partial charge in [0.05, 0.1) is 28.2 Å². The average Bonchev–Trinajstić information content (AvgIpc) is 3.57. The summed E-state index contributed by atoms with van der Waals surface area (Å²) in [5, 5.41) is 21.0. The van der Waals surface area contributed by atoms with Crippen molar-refractivity contribution in [3.8, 4) is 0 Å². The van der Waals surface area contributed by atoms with E-state index in [9.17, 15) is 24.6 Å². The molecule has 1 aliphatic rings. The van der Waals surface area contributed by atoms with E-state index < -0.39 is 29.5 Å². The minimum Gasteiger partial charge on any atom is -0.503 e. The zero-order valence-electron chi connectivity index (χ0n) is 19.4. The summed E-state index contributed by atoms with van der Waals surface area (Å²) in [5.74, 6) is -3.20. The van der Waals surface area contributed by atoms with E-state index in [1.165, 1.54) is 23.1 Å². The number of carbonyl (C=O) groups is 3. The number of amides is 1. The first-order valence-corrected chi connectivity index (χ1v) is 11.4. The van der Waals surface area contributed by atoms with Crippen LogP contribution in [0, 0.1) is 6.92 Å². The molecular weight excluding hydrogens is 474 g/mol. The normalized spacial score (nSPS) is 15.8. The van der Waals surface area contributed by atoms with Gasteiger partial charge in [-0.1, -0.05) is 48.0 Å². The van der Waals surface area contributed by atoms with Gasteiger partial charge in [0.2, 0.25) is 11.7 Å². The molecule has 6 rings (SSSR count). The minimum atomic E-state index is -1.11. The van der Waals surface area contributed by atoms with Gasteiger partial charge in [-0.2, -0.15) is 0 Å². The summed E-state index contributed by atoms with van der Waals surface area (Å²) in [4.78, 5) is 47.2. The Bertz CT molecular complexity index is 1760. The summed E-state index contributed by atoms with van der Waals surface area (Å²) < 4.78 is 5.75. The van der Waals surface area contributed by atoms with Crippen LogP contribution in [0.1, 0.15) is 38.1 Å². The molecular formula is C28H19N3O6. The number of anilines is 1. The summed E-state index contributed by atoms with van der Waals surface area (Å²) in [5.41, 5.74) is 2.71. The Morgan fingerprint density at radius 3 is 2.59 bits per heavy atom. The number of nitrogens with zero attached hydrogens (tertiary/aromatic N) is 2. The molecule has 1 unspecified atom stereocenters. The van der Waals surface area contributed by atoms with Crippen LogP contribution in [-0.4, -0.2) is 37.8 Å². The molecule has 5 aromatic rings. The van der Waals surface area contributed by atoms with Crippen molar-refractivity contribution in [2.75, 3.05) is 4.90 Å². The van der Waals surface area contributed by atoms with E-state index in [2.05, 4.69) is 9.97 Å². The third kappa shape index (κ3) is 3.56. The highest BCUT2D eigenvalue weighted by Crippen LogP contribution is 2.42. The van der Waals surface area contributed by atoms with Gasteiger partial charge in [0, 0.05) is 5.39 Å². The molecule has 1 amide bonds. The lowest BCUT2D eigenvalue weighted by molar-refractivity contribution is -0.117. The van der Waals surface area contributed by atoms with Gasteiger partial charge in [-0.25, -0.2) is 9.78 Å². The van der Waals surface area contributed by atoms with Crippen molar-refractivity contribution in [3.05, 3.63) is 107 Å². The van der Waals surface area contributed by atoms with Crippen LogP contribution in [0.2, 0.25) is 0 Å². The van der Waals surface area contributed by atoms with E-state index in [0.717, 1.165) is 5.56 Å². The number of nitrogens with one attached hydrogen (secondary N) is 1. The van der Waals surface area contributed by atoms with Crippen LogP contribution < -0.4 is 4.90 Å². The molecule has 0 bridgehead atoms. The molecule has 3 N–H and O–H groups in total. The second-order valence-corrected chi connectivity index (χ2v) is 8.83. The molecule has 3 aromatic carbocycles. The highest BCUT2D eigenvalue weighted by Gasteiger charge is 2.46. The maximum Gasteiger partial charge on any atom is 0.335 e. The van der Waals surface area contributed by atoms with Crippen molar-refractivity contribution >= 4 is 45.6 Å². The van der Waals surface area contributed by atoms with Crippen molar-refractivity contribution in [2.45, 2.75) is 13.0 Å². The molecule has 0 aliphatic carbocycles. The Labute approximate surface area is 209 Å². The zero-order valence-corrected chi connectivity index (χ0v) is 19.4. The number of aromatic carboxylic acids is 1. The van der Waals surface area contributed by atoms with Crippen LogP contribution in [0.15, 0.2) is 88.5 Å². The standard InChI is InChI=1S/C28H19N3O6/c1-14-5-4-7-16(11-14)23-22(24(32)21-13-15-6-2-3-8-20(15)37-21)25(33)26(34)31(23)28-29-18-10-9-17(27(35)36)12-19(18)30-28/h2-13,23,33H,1H3,(H,29,30)(H,35,36). The van der Waals surface area contributed by atoms with E-state index in [4.69, 9.17) is 4.42 Å². The fourth-order valence-electron chi connectivity index (χ4n) is 4.68. The van der Waals surface area contributed by atoms with Crippen LogP contribution in [0.5, 0.6) is 0 Å². The van der Waals surface area contributed by atoms with E-state index >= 15 is 0 Å². The van der Waals surface area contributed by atoms with Gasteiger partial charge < -0.3 is 19.6 Å². The van der Waals surface area contributed by atoms with Crippen molar-refractivity contribution in [3.63, 3.8) is 0 Å². The number of aromatic amines is 1. The van der Waals surface area contributed by atoms with E-state index in [0.29, 0.717) is 27.6 Å². The Balaban J connectivity index is 1.51. The molecule has 2 aromatic heterocycles. The van der Waals surface area contributed by atoms with E-state index in [1.54, 1.807) is 36.4 Å². The van der Waals surface area contributed by atoms with Crippen LogP contribution in [0.3, 0.4) is 0 Å². The first-order chi connectivity index (χ1) is 17.8. The Morgan fingerprint density at radius 1 is 1.03 bits per heavy atom. The average molecular weight is 493 g/mol. The molecule has 0 saturated heterocycles. The van der Waals surface area contributed by atoms with Crippen LogP contribution >= 0.6 is 0 Å². The number of imidazole rings is 1. The van der Waals surface area contributed by atoms with Gasteiger partial charge in [0.15, 0.2) is 11.5 Å². The lowest BCUT2D eigenvalue weighted by atomic mass is 9.94. The first kappa shape index (κ1) is 22.3. The lowest BCUT2D eigenvalue weighted by Crippen LogP contribution is -2.32. The van der Waals surface area contributed by atoms with E-state index in [-0.39, 0.29) is 22.8 Å². The monoisotopic (exact) mass is 493 g/mol. The van der Waals surface area contributed by atoms with Gasteiger partial charge >= 0.3 is 5.97 Å². The molecule has 9 nitrogen and oxygen atoms in total. The number of carboxylic acids is 1. The van der Waals surface area contributed by atoms with Gasteiger partial charge in [0.25, 0.3) is 5.91 Å². The fraction of sp³-hybridized carbons (Fsp3) is 0.0714. The quantitative estimate of drug-likeness (QED) is 0.290. The minimum absolute atomic E-state index is 0.00856. The Hall–Kier alpha value is -5.18. The number of para-hydroxylation sites is 1. The molecule has 3 heterocycles. The zero-order chi connectivity index (χ0) is 25.8. The predicted octanol–water partition coefficient (Wildman–Crippen LogP) is 5.10. The number of furan rings is 1. The summed E-state index contributed by atoms with van der Waals surface area (Å²) in [6.45, 7) is 1.88. The molecule has 1 aliphatic heterocycles. The summed E-state index contributed by atoms with van der Waals surface area (Å²) >= 11 is 0. The number of aliphatic hydroxyl groups is 1. The van der Waals surface area contributed by atoms with Crippen LogP contribution in [0.4, 0.5) is 5.95 Å². The largest absolute Gasteiger partial charge is 0.503 e. The predicted molar refractivity (Wildman–Crippen MR) is 135 cm³/mol. The molecule has 182 valence electrons. The van der Waals surface area contributed by atoms with Crippen molar-refractivity contribution in [2.24, 2.45) is 0 Å². The van der Waals surface area contributed by atoms with Crippen LogP contribution in [-0.2, 0) is 4.79 Å². The van der Waals surface area contributed by atoms with Gasteiger partial charge in [-0.05, 0) is 42.8 Å². The third-order valence-electron chi connectivity index (χ3n) is 6.40. The van der Waals surface area contributed by atoms with Crippen molar-refractivity contribution in [1.29, 1.82) is 0 Å². The molecule has 9 heteroatoms. The van der Waals surface area contributed by atoms with Gasteiger partial charge in [-0.15, -0.1) is 0 Å². The van der Waals surface area contributed by atoms with Crippen molar-refractivity contribution < 1.29 is 29.0 Å². The van der Waals surface area contributed by atoms with Crippen LogP contribution in [0.25, 0.3) is 22.0 Å². The number of aromatic nitrogens is 2. The number of fused-ring (bicyclic) bond motifs is 2. The molecule has 37 heavy (non-hydrogen) atoms. The number of aliphatic hydroxyl groups excluding tert-OH is 1. The number of carboxylic acid groups (broad SMARTS) is 1. The fourth-order valence-corrected chi connectivity index (χ4v) is 4.68. The number of aryl methyl sites for hydroxylation is 1. The number of ketones is 1. The molecule has 0 fully saturated rings. The summed E-state index contributed by atoms with van der Waals surface area (Å²) in [7, 11) is 0. The smallest absolute Gasteiger partial charge is 0.335 e. The second kappa shape index (κ2) is 8.20. The number of hydrogen-bond donors (Lipinski definition) is 3. The number of carbonyl (C=O) groups excluding carboxylic acids is 2. The first-order valence-electron chi connectivity index (χ1n) is 11.4. The lowest BCUT2D eigenvalue weighted by Gasteiger charge is -2.24. The summed E-state index contributed by atoms with van der Waals surface area (Å²) in [6.07, 6.45) is 0. The highest BCUT2D eigenvalue weighted by molar-refractivity contribution is 6.20. The maximum atomic E-state index is 13.7. The molecule has 0 saturated carbocycles. The second-order valence-electron chi connectivity index (χ2n) is 8.83. The number of hydrogen-bond acceptors (Lipinski definition) is 6. The Morgan fingerprint density at radius 2 is 1.84 bits per heavy atom. The highest BCUT2D eigenvalue weighted by atomic mass is 16.4. The maximum absolute atomic E-state index is 13.7. The van der Waals surface area contributed by atoms with Crippen molar-refractivity contribution in [1.82, 2.24) is 9.97 Å². The number of Topliss-reactive ketones (excluding diaryl/α,β-unsaturated/α-hetero) is 1. The van der Waals surface area contributed by atoms with Gasteiger partial charge in [0.1, 0.15) is 5.58 Å².